The summed E-state index contributed by atoms with van der Waals surface area (Å²) in [4.78, 5) is 0. The van der Waals surface area contributed by atoms with Gasteiger partial charge in [-0.15, -0.1) is 12.4 Å². The van der Waals surface area contributed by atoms with Crippen LogP contribution in [0.3, 0.4) is 0 Å². The molecule has 2 heteroatoms. The maximum Gasteiger partial charge on any atom is -0.00489 e. The monoisotopic (exact) mass is 305 g/mol. The molecule has 0 aliphatic carbocycles. The number of hydrogen-bond donors (Lipinski definition) is 1. The van der Waals surface area contributed by atoms with E-state index in [9.17, 15) is 0 Å². The van der Waals surface area contributed by atoms with Crippen LogP contribution in [0.1, 0.15) is 104 Å². The second kappa shape index (κ2) is 19.2. The van der Waals surface area contributed by atoms with Crippen molar-refractivity contribution < 1.29 is 0 Å². The lowest BCUT2D eigenvalue weighted by Gasteiger charge is -2.14. The third-order valence-electron chi connectivity index (χ3n) is 4.27. The van der Waals surface area contributed by atoms with Crippen LogP contribution in [0, 0.1) is 5.92 Å². The first-order chi connectivity index (χ1) is 9.35. The van der Waals surface area contributed by atoms with E-state index in [-0.39, 0.29) is 12.4 Å². The molecule has 0 aliphatic heterocycles. The van der Waals surface area contributed by atoms with E-state index in [0.29, 0.717) is 0 Å². The van der Waals surface area contributed by atoms with E-state index < -0.39 is 0 Å². The van der Waals surface area contributed by atoms with Crippen molar-refractivity contribution in [3.05, 3.63) is 0 Å². The van der Waals surface area contributed by atoms with Gasteiger partial charge in [0.15, 0.2) is 0 Å². The maximum absolute atomic E-state index is 5.90. The van der Waals surface area contributed by atoms with Gasteiger partial charge in [-0.1, -0.05) is 90.9 Å². The summed E-state index contributed by atoms with van der Waals surface area (Å²) in [5.74, 6) is 0.803. The molecule has 0 aromatic heterocycles. The Hall–Kier alpha value is 0.250. The number of nitrogens with two attached hydrogens (primary N) is 1. The van der Waals surface area contributed by atoms with Crippen molar-refractivity contribution in [3.63, 3.8) is 0 Å². The van der Waals surface area contributed by atoms with Gasteiger partial charge in [0.1, 0.15) is 0 Å². The molecule has 0 saturated heterocycles. The van der Waals surface area contributed by atoms with E-state index in [1.165, 1.54) is 89.9 Å². The van der Waals surface area contributed by atoms with Crippen molar-refractivity contribution in [3.8, 4) is 0 Å². The molecule has 0 heterocycles. The molecular formula is C18H40ClN. The van der Waals surface area contributed by atoms with Crippen LogP contribution in [0.5, 0.6) is 0 Å². The lowest BCUT2D eigenvalue weighted by molar-refractivity contribution is 0.410. The molecule has 0 fully saturated rings. The van der Waals surface area contributed by atoms with E-state index in [1.54, 1.807) is 0 Å². The van der Waals surface area contributed by atoms with Crippen molar-refractivity contribution in [1.29, 1.82) is 0 Å². The lowest BCUT2D eigenvalue weighted by atomic mass is 9.94. The molecule has 0 saturated carbocycles. The molecule has 0 bridgehead atoms. The number of unbranched alkanes of at least 4 members (excludes halogenated alkanes) is 10. The van der Waals surface area contributed by atoms with Crippen LogP contribution in [-0.2, 0) is 0 Å². The van der Waals surface area contributed by atoms with Gasteiger partial charge >= 0.3 is 0 Å². The molecule has 0 aromatic rings. The smallest absolute Gasteiger partial charge is 0.00489 e. The van der Waals surface area contributed by atoms with Crippen molar-refractivity contribution in [2.24, 2.45) is 11.7 Å². The largest absolute Gasteiger partial charge is 0.330 e. The van der Waals surface area contributed by atoms with Crippen molar-refractivity contribution >= 4 is 12.4 Å². The highest BCUT2D eigenvalue weighted by molar-refractivity contribution is 5.85. The van der Waals surface area contributed by atoms with Gasteiger partial charge in [0.25, 0.3) is 0 Å². The van der Waals surface area contributed by atoms with Crippen LogP contribution in [0.4, 0.5) is 0 Å². The third kappa shape index (κ3) is 16.3. The van der Waals surface area contributed by atoms with Gasteiger partial charge in [0.2, 0.25) is 0 Å². The fraction of sp³-hybridized carbons (Fsp3) is 1.00. The second-order valence-corrected chi connectivity index (χ2v) is 6.21. The van der Waals surface area contributed by atoms with Crippen LogP contribution >= 0.6 is 12.4 Å². The van der Waals surface area contributed by atoms with E-state index in [4.69, 9.17) is 5.73 Å². The van der Waals surface area contributed by atoms with Crippen molar-refractivity contribution in [2.75, 3.05) is 6.54 Å². The minimum absolute atomic E-state index is 0. The summed E-state index contributed by atoms with van der Waals surface area (Å²) in [5, 5.41) is 0. The Kier molecular flexibility index (Phi) is 21.7. The molecule has 124 valence electrons. The van der Waals surface area contributed by atoms with Crippen LogP contribution in [0.2, 0.25) is 0 Å². The van der Waals surface area contributed by atoms with Gasteiger partial charge in [-0.2, -0.15) is 0 Å². The Balaban J connectivity index is 0. The second-order valence-electron chi connectivity index (χ2n) is 6.21. The fourth-order valence-corrected chi connectivity index (χ4v) is 2.81. The highest BCUT2D eigenvalue weighted by Crippen LogP contribution is 2.18. The first kappa shape index (κ1) is 22.5. The molecule has 20 heavy (non-hydrogen) atoms. The fourth-order valence-electron chi connectivity index (χ4n) is 2.81. The Morgan fingerprint density at radius 2 is 0.950 bits per heavy atom. The summed E-state index contributed by atoms with van der Waals surface area (Å²) in [7, 11) is 0. The molecular weight excluding hydrogens is 266 g/mol. The number of halogens is 1. The summed E-state index contributed by atoms with van der Waals surface area (Å²) in [6, 6.07) is 0. The van der Waals surface area contributed by atoms with Gasteiger partial charge < -0.3 is 5.73 Å². The predicted molar refractivity (Wildman–Crippen MR) is 95.8 cm³/mol. The minimum atomic E-state index is 0. The molecule has 0 aliphatic rings. The zero-order valence-corrected chi connectivity index (χ0v) is 15.0. The lowest BCUT2D eigenvalue weighted by Crippen LogP contribution is -2.14. The van der Waals surface area contributed by atoms with Gasteiger partial charge in [-0.3, -0.25) is 0 Å². The molecule has 2 N–H and O–H groups in total. The maximum atomic E-state index is 5.90. The topological polar surface area (TPSA) is 26.0 Å². The Morgan fingerprint density at radius 3 is 1.30 bits per heavy atom. The Labute approximate surface area is 134 Å². The van der Waals surface area contributed by atoms with Crippen LogP contribution in [-0.4, -0.2) is 6.54 Å². The Morgan fingerprint density at radius 1 is 0.600 bits per heavy atom. The summed E-state index contributed by atoms with van der Waals surface area (Å²) in [5.41, 5.74) is 5.90. The van der Waals surface area contributed by atoms with E-state index in [2.05, 4.69) is 13.8 Å². The molecule has 0 radical (unpaired) electrons. The zero-order valence-electron chi connectivity index (χ0n) is 14.2. The van der Waals surface area contributed by atoms with Gasteiger partial charge in [0, 0.05) is 0 Å². The normalized spacial score (nSPS) is 10.8. The first-order valence-corrected chi connectivity index (χ1v) is 9.05. The van der Waals surface area contributed by atoms with Gasteiger partial charge in [0.05, 0.1) is 0 Å². The van der Waals surface area contributed by atoms with Crippen LogP contribution < -0.4 is 5.73 Å². The Bertz CT molecular complexity index is 145. The number of hydrogen-bond acceptors (Lipinski definition) is 1. The highest BCUT2D eigenvalue weighted by atomic mass is 35.5. The van der Waals surface area contributed by atoms with Crippen molar-refractivity contribution in [2.45, 2.75) is 104 Å². The average Bonchev–Trinajstić information content (AvgIpc) is 2.44. The molecule has 0 rings (SSSR count). The van der Waals surface area contributed by atoms with Crippen molar-refractivity contribution in [1.82, 2.24) is 0 Å². The third-order valence-corrected chi connectivity index (χ3v) is 4.27. The summed E-state index contributed by atoms with van der Waals surface area (Å²) < 4.78 is 0. The highest BCUT2D eigenvalue weighted by Gasteiger charge is 2.05. The molecule has 1 nitrogen and oxygen atoms in total. The van der Waals surface area contributed by atoms with Gasteiger partial charge in [-0.25, -0.2) is 0 Å². The van der Waals surface area contributed by atoms with Crippen LogP contribution in [0.25, 0.3) is 0 Å². The standard InChI is InChI=1S/C18H39N.ClH/c1-3-5-7-9-11-13-15-18(17-19)16-14-12-10-8-6-4-2;/h18H,3-17,19H2,1-2H3;1H. The molecule has 0 unspecified atom stereocenters. The van der Waals surface area contributed by atoms with E-state index in [0.717, 1.165) is 12.5 Å². The molecule has 0 atom stereocenters. The van der Waals surface area contributed by atoms with Gasteiger partial charge in [-0.05, 0) is 25.3 Å². The zero-order chi connectivity index (χ0) is 14.2. The predicted octanol–water partition coefficient (Wildman–Crippen LogP) is 6.48. The molecule has 0 spiro atoms. The molecule has 0 aromatic carbocycles. The van der Waals surface area contributed by atoms with E-state index >= 15 is 0 Å². The SMILES string of the molecule is CCCCCCCCC(CN)CCCCCCCC.Cl. The number of rotatable bonds is 15. The minimum Gasteiger partial charge on any atom is -0.330 e. The first-order valence-electron chi connectivity index (χ1n) is 9.05. The quantitative estimate of drug-likeness (QED) is 0.344. The summed E-state index contributed by atoms with van der Waals surface area (Å²) >= 11 is 0. The summed E-state index contributed by atoms with van der Waals surface area (Å²) in [6.45, 7) is 5.47. The van der Waals surface area contributed by atoms with E-state index in [1.807, 2.05) is 0 Å². The van der Waals surface area contributed by atoms with Crippen LogP contribution in [0.15, 0.2) is 0 Å². The average molecular weight is 306 g/mol. The molecule has 0 amide bonds. The summed E-state index contributed by atoms with van der Waals surface area (Å²) in [6.07, 6.45) is 19.7.